The molecule has 1 rings (SSSR count). The van der Waals surface area contributed by atoms with Crippen molar-refractivity contribution in [3.8, 4) is 23.3 Å². The highest BCUT2D eigenvalue weighted by molar-refractivity contribution is 5.43. The molecule has 98 valence electrons. The lowest BCUT2D eigenvalue weighted by atomic mass is 10.0. The molecule has 0 fully saturated rings. The summed E-state index contributed by atoms with van der Waals surface area (Å²) in [6, 6.07) is 6.29. The van der Waals surface area contributed by atoms with E-state index in [2.05, 4.69) is 23.2 Å². The van der Waals surface area contributed by atoms with Crippen molar-refractivity contribution in [2.75, 3.05) is 21.3 Å². The molecule has 1 N–H and O–H groups in total. The van der Waals surface area contributed by atoms with Crippen molar-refractivity contribution in [3.63, 3.8) is 0 Å². The Labute approximate surface area is 109 Å². The molecule has 0 heterocycles. The molecule has 0 spiro atoms. The van der Waals surface area contributed by atoms with Gasteiger partial charge in [0.05, 0.1) is 14.2 Å². The summed E-state index contributed by atoms with van der Waals surface area (Å²) in [5, 5.41) is 3.30. The lowest BCUT2D eigenvalue weighted by Crippen LogP contribution is -2.16. The first kappa shape index (κ1) is 14.4. The third-order valence-electron chi connectivity index (χ3n) is 2.89. The molecule has 0 radical (unpaired) electrons. The van der Waals surface area contributed by atoms with Gasteiger partial charge >= 0.3 is 0 Å². The molecular formula is C15H21NO2. The van der Waals surface area contributed by atoms with Gasteiger partial charge in [0.1, 0.15) is 0 Å². The number of ether oxygens (including phenoxy) is 2. The largest absolute Gasteiger partial charge is 0.493 e. The van der Waals surface area contributed by atoms with E-state index in [1.807, 2.05) is 26.1 Å². The third kappa shape index (κ3) is 3.68. The number of benzene rings is 1. The van der Waals surface area contributed by atoms with Crippen molar-refractivity contribution in [2.24, 2.45) is 0 Å². The average Bonchev–Trinajstić information content (AvgIpc) is 2.43. The Morgan fingerprint density at radius 2 is 1.94 bits per heavy atom. The van der Waals surface area contributed by atoms with Crippen LogP contribution in [0.1, 0.15) is 31.4 Å². The first-order valence-electron chi connectivity index (χ1n) is 6.05. The van der Waals surface area contributed by atoms with E-state index in [0.717, 1.165) is 24.3 Å². The second kappa shape index (κ2) is 7.62. The van der Waals surface area contributed by atoms with E-state index in [0.29, 0.717) is 0 Å². The van der Waals surface area contributed by atoms with E-state index in [4.69, 9.17) is 9.47 Å². The van der Waals surface area contributed by atoms with Crippen LogP contribution in [0, 0.1) is 11.8 Å². The fraction of sp³-hybridized carbons (Fsp3) is 0.467. The molecule has 0 aliphatic rings. The number of hydrogen-bond acceptors (Lipinski definition) is 3. The Morgan fingerprint density at radius 1 is 1.22 bits per heavy atom. The van der Waals surface area contributed by atoms with Crippen molar-refractivity contribution in [1.29, 1.82) is 0 Å². The fourth-order valence-corrected chi connectivity index (χ4v) is 1.89. The van der Waals surface area contributed by atoms with Gasteiger partial charge in [-0.1, -0.05) is 6.07 Å². The highest BCUT2D eigenvalue weighted by atomic mass is 16.5. The molecule has 0 bridgehead atoms. The minimum atomic E-state index is 0.283. The number of rotatable bonds is 6. The topological polar surface area (TPSA) is 30.5 Å². The van der Waals surface area contributed by atoms with Gasteiger partial charge in [-0.3, -0.25) is 0 Å². The van der Waals surface area contributed by atoms with Gasteiger partial charge in [0.2, 0.25) is 0 Å². The molecule has 1 aromatic rings. The SMILES string of the molecule is CC#CCCC(NC)c1ccc(OC)c(OC)c1. The average molecular weight is 247 g/mol. The molecule has 0 amide bonds. The number of hydrogen-bond donors (Lipinski definition) is 1. The van der Waals surface area contributed by atoms with Crippen LogP contribution in [0.2, 0.25) is 0 Å². The maximum atomic E-state index is 5.32. The van der Waals surface area contributed by atoms with Crippen molar-refractivity contribution in [2.45, 2.75) is 25.8 Å². The second-order valence-corrected chi connectivity index (χ2v) is 3.92. The summed E-state index contributed by atoms with van der Waals surface area (Å²) < 4.78 is 10.6. The Kier molecular flexibility index (Phi) is 6.10. The van der Waals surface area contributed by atoms with Crippen LogP contribution in [0.3, 0.4) is 0 Å². The van der Waals surface area contributed by atoms with E-state index in [1.54, 1.807) is 14.2 Å². The summed E-state index contributed by atoms with van der Waals surface area (Å²) in [6.07, 6.45) is 1.86. The fourth-order valence-electron chi connectivity index (χ4n) is 1.89. The Balaban J connectivity index is 2.87. The summed E-state index contributed by atoms with van der Waals surface area (Å²) in [6.45, 7) is 1.87. The predicted molar refractivity (Wildman–Crippen MR) is 74.0 cm³/mol. The predicted octanol–water partition coefficient (Wildman–Crippen LogP) is 2.77. The van der Waals surface area contributed by atoms with Crippen molar-refractivity contribution in [1.82, 2.24) is 5.32 Å². The van der Waals surface area contributed by atoms with Crippen molar-refractivity contribution < 1.29 is 9.47 Å². The van der Waals surface area contributed by atoms with Crippen LogP contribution < -0.4 is 14.8 Å². The maximum Gasteiger partial charge on any atom is 0.161 e. The monoisotopic (exact) mass is 247 g/mol. The molecule has 3 nitrogen and oxygen atoms in total. The molecule has 18 heavy (non-hydrogen) atoms. The van der Waals surface area contributed by atoms with E-state index in [1.165, 1.54) is 5.56 Å². The van der Waals surface area contributed by atoms with Gasteiger partial charge in [-0.25, -0.2) is 0 Å². The zero-order valence-corrected chi connectivity index (χ0v) is 11.5. The van der Waals surface area contributed by atoms with Crippen LogP contribution >= 0.6 is 0 Å². The molecule has 0 saturated carbocycles. The molecule has 0 aliphatic heterocycles. The van der Waals surface area contributed by atoms with Gasteiger partial charge < -0.3 is 14.8 Å². The van der Waals surface area contributed by atoms with Crippen LogP contribution in [-0.4, -0.2) is 21.3 Å². The van der Waals surface area contributed by atoms with Gasteiger partial charge in [-0.05, 0) is 38.1 Å². The van der Waals surface area contributed by atoms with Crippen molar-refractivity contribution in [3.05, 3.63) is 23.8 Å². The van der Waals surface area contributed by atoms with E-state index in [9.17, 15) is 0 Å². The molecule has 1 aromatic carbocycles. The maximum absolute atomic E-state index is 5.32. The normalized spacial score (nSPS) is 11.3. The van der Waals surface area contributed by atoms with Crippen LogP contribution in [0.5, 0.6) is 11.5 Å². The third-order valence-corrected chi connectivity index (χ3v) is 2.89. The van der Waals surface area contributed by atoms with Gasteiger partial charge in [0, 0.05) is 12.5 Å². The lowest BCUT2D eigenvalue weighted by Gasteiger charge is -2.17. The van der Waals surface area contributed by atoms with E-state index < -0.39 is 0 Å². The number of methoxy groups -OCH3 is 2. The Morgan fingerprint density at radius 3 is 2.50 bits per heavy atom. The molecule has 3 heteroatoms. The quantitative estimate of drug-likeness (QED) is 0.784. The smallest absolute Gasteiger partial charge is 0.161 e. The standard InChI is InChI=1S/C15H21NO2/c1-5-6-7-8-13(16-2)12-9-10-14(17-3)15(11-12)18-4/h9-11,13,16H,7-8H2,1-4H3. The Hall–Kier alpha value is -1.66. The molecule has 0 aliphatic carbocycles. The van der Waals surface area contributed by atoms with Crippen LogP contribution in [0.4, 0.5) is 0 Å². The summed E-state index contributed by atoms with van der Waals surface area (Å²) in [5.41, 5.74) is 1.19. The lowest BCUT2D eigenvalue weighted by molar-refractivity contribution is 0.354. The van der Waals surface area contributed by atoms with Crippen LogP contribution in [-0.2, 0) is 0 Å². The zero-order chi connectivity index (χ0) is 13.4. The summed E-state index contributed by atoms with van der Waals surface area (Å²) >= 11 is 0. The summed E-state index contributed by atoms with van der Waals surface area (Å²) in [5.74, 6) is 7.52. The first-order chi connectivity index (χ1) is 8.76. The van der Waals surface area contributed by atoms with Gasteiger partial charge in [-0.2, -0.15) is 0 Å². The molecule has 0 saturated heterocycles. The molecule has 1 atom stereocenters. The Bertz CT molecular complexity index is 432. The number of nitrogens with one attached hydrogen (secondary N) is 1. The van der Waals surface area contributed by atoms with Crippen LogP contribution in [0.25, 0.3) is 0 Å². The van der Waals surface area contributed by atoms with Crippen LogP contribution in [0.15, 0.2) is 18.2 Å². The zero-order valence-electron chi connectivity index (χ0n) is 11.5. The minimum absolute atomic E-state index is 0.283. The first-order valence-corrected chi connectivity index (χ1v) is 6.05. The summed E-state index contributed by atoms with van der Waals surface area (Å²) in [7, 11) is 5.25. The minimum Gasteiger partial charge on any atom is -0.493 e. The highest BCUT2D eigenvalue weighted by Gasteiger charge is 2.11. The van der Waals surface area contributed by atoms with E-state index in [-0.39, 0.29) is 6.04 Å². The molecule has 0 aromatic heterocycles. The molecule has 1 unspecified atom stereocenters. The summed E-state index contributed by atoms with van der Waals surface area (Å²) in [4.78, 5) is 0. The van der Waals surface area contributed by atoms with E-state index >= 15 is 0 Å². The van der Waals surface area contributed by atoms with Gasteiger partial charge in [-0.15, -0.1) is 11.8 Å². The van der Waals surface area contributed by atoms with Gasteiger partial charge in [0.25, 0.3) is 0 Å². The highest BCUT2D eigenvalue weighted by Crippen LogP contribution is 2.31. The second-order valence-electron chi connectivity index (χ2n) is 3.92. The van der Waals surface area contributed by atoms with Gasteiger partial charge in [0.15, 0.2) is 11.5 Å². The van der Waals surface area contributed by atoms with Crippen molar-refractivity contribution >= 4 is 0 Å². The molecular weight excluding hydrogens is 226 g/mol.